The molecule has 144 valence electrons. The summed E-state index contributed by atoms with van der Waals surface area (Å²) in [4.78, 5) is 31.1. The van der Waals surface area contributed by atoms with Gasteiger partial charge in [0.15, 0.2) is 5.82 Å². The maximum Gasteiger partial charge on any atom is 0.408 e. The number of amides is 2. The molecule has 1 atom stereocenters. The van der Waals surface area contributed by atoms with Gasteiger partial charge < -0.3 is 15.8 Å². The van der Waals surface area contributed by atoms with Crippen LogP contribution in [0.25, 0.3) is 0 Å². The zero-order valence-corrected chi connectivity index (χ0v) is 16.1. The van der Waals surface area contributed by atoms with Crippen LogP contribution in [0.2, 0.25) is 0 Å². The predicted molar refractivity (Wildman–Crippen MR) is 106 cm³/mol. The molecule has 0 saturated carbocycles. The van der Waals surface area contributed by atoms with Crippen LogP contribution in [0.5, 0.6) is 0 Å². The molecule has 3 N–H and O–H groups in total. The van der Waals surface area contributed by atoms with E-state index in [1.807, 2.05) is 25.1 Å². The lowest BCUT2D eigenvalue weighted by Crippen LogP contribution is -2.48. The zero-order chi connectivity index (χ0) is 20.0. The smallest absolute Gasteiger partial charge is 0.408 e. The van der Waals surface area contributed by atoms with Crippen molar-refractivity contribution in [3.8, 4) is 0 Å². The van der Waals surface area contributed by atoms with Gasteiger partial charge in [-0.05, 0) is 51.5 Å². The number of nitrogens with one attached hydrogen (secondary N) is 1. The zero-order valence-electron chi connectivity index (χ0n) is 16.1. The van der Waals surface area contributed by atoms with Crippen LogP contribution < -0.4 is 16.0 Å². The first-order valence-electron chi connectivity index (χ1n) is 8.82. The number of alkyl carbamates (subject to hydrolysis) is 1. The molecule has 2 amide bonds. The Kier molecular flexibility index (Phi) is 6.39. The molecule has 2 aromatic rings. The second kappa shape index (κ2) is 8.53. The van der Waals surface area contributed by atoms with Crippen molar-refractivity contribution in [1.29, 1.82) is 0 Å². The van der Waals surface area contributed by atoms with Gasteiger partial charge in [0, 0.05) is 6.20 Å². The number of carbonyl (C=O) groups is 2. The van der Waals surface area contributed by atoms with Crippen LogP contribution in [0, 0.1) is 0 Å². The molecule has 1 aromatic heterocycles. The van der Waals surface area contributed by atoms with E-state index in [4.69, 9.17) is 10.5 Å². The summed E-state index contributed by atoms with van der Waals surface area (Å²) < 4.78 is 5.27. The van der Waals surface area contributed by atoms with Crippen molar-refractivity contribution >= 4 is 29.2 Å². The lowest BCUT2D eigenvalue weighted by atomic mass is 10.1. The van der Waals surface area contributed by atoms with E-state index in [9.17, 15) is 9.59 Å². The maximum atomic E-state index is 13.3. The number of nitrogens with two attached hydrogens (primary N) is 1. The molecule has 0 aliphatic carbocycles. The summed E-state index contributed by atoms with van der Waals surface area (Å²) in [5.41, 5.74) is 6.37. The quantitative estimate of drug-likeness (QED) is 0.837. The van der Waals surface area contributed by atoms with Gasteiger partial charge in [-0.1, -0.05) is 25.1 Å². The summed E-state index contributed by atoms with van der Waals surface area (Å²) >= 11 is 0. The molecule has 0 spiro atoms. The van der Waals surface area contributed by atoms with E-state index in [1.54, 1.807) is 51.2 Å². The monoisotopic (exact) mass is 370 g/mol. The Hall–Kier alpha value is -3.09. The molecule has 0 saturated heterocycles. The minimum absolute atomic E-state index is 0.318. The van der Waals surface area contributed by atoms with E-state index in [1.165, 1.54) is 4.90 Å². The van der Waals surface area contributed by atoms with Crippen molar-refractivity contribution in [3.63, 3.8) is 0 Å². The fourth-order valence-corrected chi connectivity index (χ4v) is 2.47. The van der Waals surface area contributed by atoms with Crippen LogP contribution in [0.4, 0.5) is 22.0 Å². The maximum absolute atomic E-state index is 13.3. The Bertz CT molecular complexity index is 787. The normalized spacial score (nSPS) is 12.1. The lowest BCUT2D eigenvalue weighted by molar-refractivity contribution is -0.120. The van der Waals surface area contributed by atoms with Gasteiger partial charge >= 0.3 is 6.09 Å². The molecule has 0 unspecified atom stereocenters. The first kappa shape index (κ1) is 20.2. The van der Waals surface area contributed by atoms with E-state index in [2.05, 4.69) is 10.3 Å². The first-order valence-corrected chi connectivity index (χ1v) is 8.82. The third kappa shape index (κ3) is 5.44. The summed E-state index contributed by atoms with van der Waals surface area (Å²) in [5, 5.41) is 2.64. The fraction of sp³-hybridized carbons (Fsp3) is 0.350. The summed E-state index contributed by atoms with van der Waals surface area (Å²) in [6, 6.07) is 11.6. The van der Waals surface area contributed by atoms with Crippen LogP contribution >= 0.6 is 0 Å². The topological polar surface area (TPSA) is 97.5 Å². The van der Waals surface area contributed by atoms with Crippen LogP contribution in [-0.2, 0) is 9.53 Å². The van der Waals surface area contributed by atoms with E-state index >= 15 is 0 Å². The molecule has 7 nitrogen and oxygen atoms in total. The highest BCUT2D eigenvalue weighted by molar-refractivity contribution is 6.05. The van der Waals surface area contributed by atoms with Crippen LogP contribution in [0.3, 0.4) is 0 Å². The molecule has 0 aliphatic heterocycles. The Morgan fingerprint density at radius 3 is 2.41 bits per heavy atom. The van der Waals surface area contributed by atoms with E-state index in [0.29, 0.717) is 23.6 Å². The van der Waals surface area contributed by atoms with Crippen molar-refractivity contribution in [2.24, 2.45) is 0 Å². The second-order valence-corrected chi connectivity index (χ2v) is 7.03. The number of pyridine rings is 1. The number of nitrogen functional groups attached to an aromatic ring is 1. The average Bonchev–Trinajstić information content (AvgIpc) is 2.61. The van der Waals surface area contributed by atoms with E-state index in [0.717, 1.165) is 0 Å². The number of ether oxygens (including phenoxy) is 1. The summed E-state index contributed by atoms with van der Waals surface area (Å²) in [6.07, 6.45) is 1.30. The van der Waals surface area contributed by atoms with Crippen molar-refractivity contribution < 1.29 is 14.3 Å². The predicted octanol–water partition coefficient (Wildman–Crippen LogP) is 3.63. The van der Waals surface area contributed by atoms with Gasteiger partial charge in [-0.25, -0.2) is 9.78 Å². The third-order valence-electron chi connectivity index (χ3n) is 3.66. The minimum atomic E-state index is -0.790. The van der Waals surface area contributed by atoms with Crippen LogP contribution in [-0.4, -0.2) is 28.6 Å². The number of anilines is 3. The number of rotatable bonds is 5. The van der Waals surface area contributed by atoms with Crippen LogP contribution in [0.15, 0.2) is 48.7 Å². The Balaban J connectivity index is 2.35. The Morgan fingerprint density at radius 1 is 1.19 bits per heavy atom. The van der Waals surface area contributed by atoms with Gasteiger partial charge in [0.1, 0.15) is 11.6 Å². The van der Waals surface area contributed by atoms with Gasteiger partial charge in [0.25, 0.3) is 5.91 Å². The van der Waals surface area contributed by atoms with E-state index in [-0.39, 0.29) is 5.91 Å². The molecule has 7 heteroatoms. The van der Waals surface area contributed by atoms with E-state index < -0.39 is 17.7 Å². The van der Waals surface area contributed by atoms with Crippen LogP contribution in [0.1, 0.15) is 34.1 Å². The third-order valence-corrected chi connectivity index (χ3v) is 3.66. The fourth-order valence-electron chi connectivity index (χ4n) is 2.47. The molecule has 0 aliphatic rings. The van der Waals surface area contributed by atoms with Gasteiger partial charge in [-0.15, -0.1) is 0 Å². The summed E-state index contributed by atoms with van der Waals surface area (Å²) in [5.74, 6) is -0.0295. The molecular formula is C20H26N4O3. The first-order chi connectivity index (χ1) is 12.7. The van der Waals surface area contributed by atoms with Gasteiger partial charge in [0.2, 0.25) is 0 Å². The number of benzene rings is 1. The highest BCUT2D eigenvalue weighted by atomic mass is 16.6. The Morgan fingerprint density at radius 2 is 1.85 bits per heavy atom. The largest absolute Gasteiger partial charge is 0.444 e. The molecular weight excluding hydrogens is 344 g/mol. The summed E-state index contributed by atoms with van der Waals surface area (Å²) in [7, 11) is 0. The molecule has 27 heavy (non-hydrogen) atoms. The van der Waals surface area contributed by atoms with Gasteiger partial charge in [-0.3, -0.25) is 9.69 Å². The Labute approximate surface area is 159 Å². The molecule has 1 heterocycles. The lowest BCUT2D eigenvalue weighted by Gasteiger charge is -2.28. The minimum Gasteiger partial charge on any atom is -0.444 e. The highest BCUT2D eigenvalue weighted by Gasteiger charge is 2.30. The number of aromatic nitrogens is 1. The van der Waals surface area contributed by atoms with Crippen molar-refractivity contribution in [3.05, 3.63) is 48.7 Å². The second-order valence-electron chi connectivity index (χ2n) is 7.03. The standard InChI is InChI=1S/C20H26N4O3/c1-5-16(23-19(26)27-20(2,3)4)18(25)24(14-10-7-6-8-11-14)17-15(21)12-9-13-22-17/h6-13,16H,5,21H2,1-4H3,(H,23,26)/t16-/m0/s1. The summed E-state index contributed by atoms with van der Waals surface area (Å²) in [6.45, 7) is 7.10. The number of para-hydroxylation sites is 1. The number of nitrogens with zero attached hydrogens (tertiary/aromatic N) is 2. The number of carbonyl (C=O) groups excluding carboxylic acids is 2. The SMILES string of the molecule is CC[C@H](NC(=O)OC(C)(C)C)C(=O)N(c1ccccc1)c1ncccc1N. The molecule has 0 fully saturated rings. The molecule has 0 radical (unpaired) electrons. The van der Waals surface area contributed by atoms with Gasteiger partial charge in [0.05, 0.1) is 11.4 Å². The number of hydrogen-bond acceptors (Lipinski definition) is 5. The highest BCUT2D eigenvalue weighted by Crippen LogP contribution is 2.29. The van der Waals surface area contributed by atoms with Gasteiger partial charge in [-0.2, -0.15) is 0 Å². The van der Waals surface area contributed by atoms with Crippen molar-refractivity contribution in [2.75, 3.05) is 10.6 Å². The van der Waals surface area contributed by atoms with Crippen molar-refractivity contribution in [1.82, 2.24) is 10.3 Å². The number of hydrogen-bond donors (Lipinski definition) is 2. The molecule has 2 rings (SSSR count). The molecule has 0 bridgehead atoms. The van der Waals surface area contributed by atoms with Crippen molar-refractivity contribution in [2.45, 2.75) is 45.8 Å². The molecule has 1 aromatic carbocycles. The average molecular weight is 370 g/mol.